The smallest absolute Gasteiger partial charge is 0.397 e. The molecule has 2 aliphatic rings. The molecule has 3 aromatic rings. The minimum Gasteiger partial charge on any atom is -0.497 e. The second-order valence-electron chi connectivity index (χ2n) is 9.81. The van der Waals surface area contributed by atoms with Gasteiger partial charge in [0.05, 0.1) is 24.2 Å². The van der Waals surface area contributed by atoms with E-state index >= 15 is 0 Å². The van der Waals surface area contributed by atoms with Gasteiger partial charge in [-0.05, 0) is 66.9 Å². The highest BCUT2D eigenvalue weighted by Gasteiger charge is 2.46. The van der Waals surface area contributed by atoms with E-state index in [9.17, 15) is 18.3 Å². The number of anilines is 1. The van der Waals surface area contributed by atoms with Crippen molar-refractivity contribution in [1.82, 2.24) is 15.2 Å². The number of ether oxygens (including phenoxy) is 1. The number of aliphatic hydroxyl groups is 1. The Hall–Kier alpha value is -4.08. The fourth-order valence-corrected chi connectivity index (χ4v) is 5.25. The van der Waals surface area contributed by atoms with E-state index in [-0.39, 0.29) is 5.70 Å². The Labute approximate surface area is 231 Å². The Morgan fingerprint density at radius 2 is 1.88 bits per heavy atom. The van der Waals surface area contributed by atoms with Crippen molar-refractivity contribution >= 4 is 22.7 Å². The molecule has 3 atom stereocenters. The monoisotopic (exact) mass is 548 g/mol. The number of hydrogen-bond acceptors (Lipinski definition) is 6. The molecule has 5 rings (SSSR count). The highest BCUT2D eigenvalue weighted by atomic mass is 19.4. The molecule has 0 bridgehead atoms. The zero-order valence-corrected chi connectivity index (χ0v) is 22.3. The number of aromatic nitrogens is 1. The van der Waals surface area contributed by atoms with Gasteiger partial charge in [0.15, 0.2) is 6.23 Å². The second kappa shape index (κ2) is 11.2. The largest absolute Gasteiger partial charge is 0.497 e. The average molecular weight is 549 g/mol. The Morgan fingerprint density at radius 1 is 1.12 bits per heavy atom. The number of nitrogens with one attached hydrogen (secondary N) is 1. The predicted molar refractivity (Wildman–Crippen MR) is 153 cm³/mol. The third-order valence-electron chi connectivity index (χ3n) is 7.35. The van der Waals surface area contributed by atoms with Gasteiger partial charge in [0.1, 0.15) is 5.75 Å². The van der Waals surface area contributed by atoms with Crippen molar-refractivity contribution in [2.75, 3.05) is 32.1 Å². The van der Waals surface area contributed by atoms with Crippen LogP contribution in [0.2, 0.25) is 0 Å². The molecule has 0 saturated carbocycles. The van der Waals surface area contributed by atoms with Crippen molar-refractivity contribution in [3.63, 3.8) is 0 Å². The SMILES string of the molecule is C=CNCCN(C)C1C=CC(N2c3c(cnc4ccc(-c5ccc(OC)cc5)cc34)C=CC2O)=CC1C(F)(F)F. The molecule has 1 aliphatic carbocycles. The summed E-state index contributed by atoms with van der Waals surface area (Å²) in [5, 5.41) is 14.8. The lowest BCUT2D eigenvalue weighted by Gasteiger charge is -2.39. The number of hydrogen-bond donors (Lipinski definition) is 2. The molecule has 0 saturated heterocycles. The van der Waals surface area contributed by atoms with Crippen LogP contribution in [0.5, 0.6) is 5.75 Å². The van der Waals surface area contributed by atoms with Crippen LogP contribution in [-0.2, 0) is 0 Å². The molecule has 1 aromatic heterocycles. The highest BCUT2D eigenvalue weighted by molar-refractivity contribution is 6.00. The summed E-state index contributed by atoms with van der Waals surface area (Å²) in [6.45, 7) is 4.46. The first-order chi connectivity index (χ1) is 19.2. The van der Waals surface area contributed by atoms with Crippen LogP contribution in [0.1, 0.15) is 5.56 Å². The Morgan fingerprint density at radius 3 is 2.58 bits per heavy atom. The van der Waals surface area contributed by atoms with Gasteiger partial charge < -0.3 is 20.1 Å². The lowest BCUT2D eigenvalue weighted by Crippen LogP contribution is -2.47. The summed E-state index contributed by atoms with van der Waals surface area (Å²) >= 11 is 0. The number of halogens is 3. The molecule has 40 heavy (non-hydrogen) atoms. The molecular weight excluding hydrogens is 517 g/mol. The fourth-order valence-electron chi connectivity index (χ4n) is 5.25. The van der Waals surface area contributed by atoms with Crippen LogP contribution in [0.3, 0.4) is 0 Å². The number of aliphatic hydroxyl groups excluding tert-OH is 1. The van der Waals surface area contributed by atoms with Crippen LogP contribution in [-0.4, -0.2) is 60.7 Å². The number of nitrogens with zero attached hydrogens (tertiary/aromatic N) is 3. The summed E-state index contributed by atoms with van der Waals surface area (Å²) < 4.78 is 48.4. The minimum atomic E-state index is -4.48. The van der Waals surface area contributed by atoms with Crippen LogP contribution in [0, 0.1) is 5.92 Å². The number of likely N-dealkylation sites (N-methyl/N-ethyl adjacent to an activating group) is 1. The number of fused-ring (bicyclic) bond motifs is 3. The number of rotatable bonds is 8. The lowest BCUT2D eigenvalue weighted by molar-refractivity contribution is -0.172. The molecular formula is C31H31F3N4O2. The van der Waals surface area contributed by atoms with Crippen molar-refractivity contribution < 1.29 is 23.0 Å². The first-order valence-electron chi connectivity index (χ1n) is 12.9. The first-order valence-corrected chi connectivity index (χ1v) is 12.9. The van der Waals surface area contributed by atoms with Crippen molar-refractivity contribution in [1.29, 1.82) is 0 Å². The summed E-state index contributed by atoms with van der Waals surface area (Å²) in [6.07, 6.45) is 5.31. The molecule has 2 aromatic carbocycles. The highest BCUT2D eigenvalue weighted by Crippen LogP contribution is 2.42. The number of benzene rings is 2. The van der Waals surface area contributed by atoms with E-state index in [1.807, 2.05) is 42.5 Å². The molecule has 0 spiro atoms. The maximum absolute atomic E-state index is 14.4. The second-order valence-corrected chi connectivity index (χ2v) is 9.81. The quantitative estimate of drug-likeness (QED) is 0.351. The van der Waals surface area contributed by atoms with Gasteiger partial charge in [-0.2, -0.15) is 13.2 Å². The maximum atomic E-state index is 14.4. The van der Waals surface area contributed by atoms with Crippen molar-refractivity contribution in [2.24, 2.45) is 5.92 Å². The summed E-state index contributed by atoms with van der Waals surface area (Å²) in [5.41, 5.74) is 4.11. The van der Waals surface area contributed by atoms with Gasteiger partial charge in [-0.15, -0.1) is 0 Å². The Balaban J connectivity index is 1.58. The first kappa shape index (κ1) is 27.5. The molecule has 0 fully saturated rings. The molecule has 3 unspecified atom stereocenters. The summed E-state index contributed by atoms with van der Waals surface area (Å²) in [7, 11) is 3.28. The van der Waals surface area contributed by atoms with Crippen LogP contribution in [0.4, 0.5) is 18.9 Å². The van der Waals surface area contributed by atoms with Crippen molar-refractivity contribution in [3.05, 3.63) is 97.0 Å². The lowest BCUT2D eigenvalue weighted by atomic mass is 9.90. The van der Waals surface area contributed by atoms with Gasteiger partial charge in [-0.1, -0.05) is 36.9 Å². The summed E-state index contributed by atoms with van der Waals surface area (Å²) in [6, 6.07) is 12.5. The molecule has 9 heteroatoms. The van der Waals surface area contributed by atoms with Crippen LogP contribution in [0.25, 0.3) is 28.1 Å². The molecule has 2 heterocycles. The van der Waals surface area contributed by atoms with Gasteiger partial charge in [0.2, 0.25) is 0 Å². The Bertz CT molecular complexity index is 1480. The number of methoxy groups -OCH3 is 1. The van der Waals surface area contributed by atoms with E-state index in [0.29, 0.717) is 29.9 Å². The zero-order valence-electron chi connectivity index (χ0n) is 22.3. The van der Waals surface area contributed by atoms with Gasteiger partial charge in [-0.3, -0.25) is 9.88 Å². The molecule has 208 valence electrons. The molecule has 2 N–H and O–H groups in total. The number of pyridine rings is 1. The molecule has 1 aliphatic heterocycles. The van der Waals surface area contributed by atoms with E-state index in [1.54, 1.807) is 54.5 Å². The normalized spacial score (nSPS) is 20.4. The Kier molecular flexibility index (Phi) is 7.69. The maximum Gasteiger partial charge on any atom is 0.397 e. The van der Waals surface area contributed by atoms with Crippen molar-refractivity contribution in [3.8, 4) is 16.9 Å². The molecule has 0 amide bonds. The van der Waals surface area contributed by atoms with Crippen LogP contribution < -0.4 is 15.0 Å². The topological polar surface area (TPSA) is 60.9 Å². The van der Waals surface area contributed by atoms with Gasteiger partial charge in [0, 0.05) is 42.0 Å². The standard InChI is InChI=1S/C31H31F3N4O2/c1-4-35-15-16-37(2)28-13-9-23(18-26(28)31(32,33)34)38-29(39)14-8-22-19-36-27-12-7-21(17-25(27)30(22)38)20-5-10-24(40-3)11-6-20/h4-14,17-19,26,28-29,35,39H,1,15-16H2,2-3H3. The van der Waals surface area contributed by atoms with Gasteiger partial charge >= 0.3 is 6.18 Å². The van der Waals surface area contributed by atoms with E-state index in [1.165, 1.54) is 12.3 Å². The predicted octanol–water partition coefficient (Wildman–Crippen LogP) is 5.73. The van der Waals surface area contributed by atoms with E-state index in [4.69, 9.17) is 4.74 Å². The van der Waals surface area contributed by atoms with Crippen molar-refractivity contribution in [2.45, 2.75) is 18.4 Å². The zero-order chi connectivity index (χ0) is 28.4. The van der Waals surface area contributed by atoms with Gasteiger partial charge in [0.25, 0.3) is 0 Å². The van der Waals surface area contributed by atoms with E-state index in [2.05, 4.69) is 16.9 Å². The summed E-state index contributed by atoms with van der Waals surface area (Å²) in [5.74, 6) is -1.02. The van der Waals surface area contributed by atoms with E-state index < -0.39 is 24.4 Å². The molecule has 6 nitrogen and oxygen atoms in total. The summed E-state index contributed by atoms with van der Waals surface area (Å²) in [4.78, 5) is 7.79. The fraction of sp³-hybridized carbons (Fsp3) is 0.258. The third kappa shape index (κ3) is 5.35. The van der Waals surface area contributed by atoms with Crippen LogP contribution >= 0.6 is 0 Å². The van der Waals surface area contributed by atoms with E-state index in [0.717, 1.165) is 22.3 Å². The third-order valence-corrected chi connectivity index (χ3v) is 7.35. The average Bonchev–Trinajstić information content (AvgIpc) is 2.96. The molecule has 0 radical (unpaired) electrons. The number of allylic oxidation sites excluding steroid dienone is 1. The van der Waals surface area contributed by atoms with Gasteiger partial charge in [-0.25, -0.2) is 0 Å². The van der Waals surface area contributed by atoms with Crippen LogP contribution in [0.15, 0.2) is 91.4 Å². The number of alkyl halides is 3. The minimum absolute atomic E-state index is 0.275.